The van der Waals surface area contributed by atoms with E-state index in [1.54, 1.807) is 11.9 Å². The van der Waals surface area contributed by atoms with Gasteiger partial charge in [0.15, 0.2) is 0 Å². The van der Waals surface area contributed by atoms with Crippen molar-refractivity contribution in [3.8, 4) is 0 Å². The number of hydrogen-bond donors (Lipinski definition) is 1. The standard InChI is InChI=1S/C12H14Cl2N2O3S/c1-16(8-3-2-4-8)12(17)9-5-7(13)6-10(11(9)14)20(15,18)19/h5-6,8H,2-4H2,1H3,(H2,15,18,19). The highest BCUT2D eigenvalue weighted by Crippen LogP contribution is 2.31. The second-order valence-electron chi connectivity index (χ2n) is 4.81. The van der Waals surface area contributed by atoms with Crippen molar-refractivity contribution in [2.45, 2.75) is 30.2 Å². The van der Waals surface area contributed by atoms with Crippen molar-refractivity contribution in [2.75, 3.05) is 7.05 Å². The maximum absolute atomic E-state index is 12.4. The highest BCUT2D eigenvalue weighted by Gasteiger charge is 2.29. The summed E-state index contributed by atoms with van der Waals surface area (Å²) in [4.78, 5) is 13.6. The fourth-order valence-electron chi connectivity index (χ4n) is 2.06. The van der Waals surface area contributed by atoms with Crippen LogP contribution in [0.4, 0.5) is 0 Å². The van der Waals surface area contributed by atoms with Crippen LogP contribution < -0.4 is 5.14 Å². The molecule has 1 aliphatic carbocycles. The van der Waals surface area contributed by atoms with Crippen LogP contribution in [-0.4, -0.2) is 32.3 Å². The van der Waals surface area contributed by atoms with Gasteiger partial charge in [-0.1, -0.05) is 23.2 Å². The lowest BCUT2D eigenvalue weighted by Gasteiger charge is -2.35. The molecule has 5 nitrogen and oxygen atoms in total. The maximum Gasteiger partial charge on any atom is 0.255 e. The third-order valence-electron chi connectivity index (χ3n) is 3.48. The van der Waals surface area contributed by atoms with Crippen LogP contribution in [0.15, 0.2) is 17.0 Å². The second-order valence-corrected chi connectivity index (χ2v) is 7.16. The summed E-state index contributed by atoms with van der Waals surface area (Å²) in [5, 5.41) is 4.99. The van der Waals surface area contributed by atoms with Crippen molar-refractivity contribution in [1.82, 2.24) is 4.90 Å². The molecule has 0 spiro atoms. The summed E-state index contributed by atoms with van der Waals surface area (Å²) in [6.45, 7) is 0. The molecule has 1 fully saturated rings. The van der Waals surface area contributed by atoms with Crippen LogP contribution in [0.5, 0.6) is 0 Å². The zero-order valence-electron chi connectivity index (χ0n) is 10.8. The Bertz CT molecular complexity index is 657. The molecule has 0 unspecified atom stereocenters. The van der Waals surface area contributed by atoms with Crippen LogP contribution in [0.25, 0.3) is 0 Å². The fourth-order valence-corrected chi connectivity index (χ4v) is 3.50. The van der Waals surface area contributed by atoms with Crippen molar-refractivity contribution in [3.63, 3.8) is 0 Å². The van der Waals surface area contributed by atoms with Gasteiger partial charge in [0, 0.05) is 18.1 Å². The first-order valence-electron chi connectivity index (χ1n) is 6.01. The van der Waals surface area contributed by atoms with Gasteiger partial charge in [-0.15, -0.1) is 0 Å². The SMILES string of the molecule is CN(C(=O)c1cc(Cl)cc(S(N)(=O)=O)c1Cl)C1CCC1. The van der Waals surface area contributed by atoms with E-state index in [1.165, 1.54) is 6.07 Å². The van der Waals surface area contributed by atoms with Gasteiger partial charge in [-0.3, -0.25) is 4.79 Å². The Balaban J connectivity index is 2.46. The normalized spacial score (nSPS) is 15.8. The molecule has 1 aromatic rings. The monoisotopic (exact) mass is 336 g/mol. The summed E-state index contributed by atoms with van der Waals surface area (Å²) in [6, 6.07) is 2.66. The van der Waals surface area contributed by atoms with Crippen molar-refractivity contribution >= 4 is 39.1 Å². The molecular formula is C12H14Cl2N2O3S. The number of sulfonamides is 1. The first-order valence-corrected chi connectivity index (χ1v) is 8.31. The van der Waals surface area contributed by atoms with E-state index in [-0.39, 0.29) is 32.5 Å². The number of nitrogens with zero attached hydrogens (tertiary/aromatic N) is 1. The lowest BCUT2D eigenvalue weighted by atomic mass is 9.91. The minimum atomic E-state index is -4.04. The first-order chi connectivity index (χ1) is 9.21. The van der Waals surface area contributed by atoms with E-state index in [0.29, 0.717) is 0 Å². The molecule has 1 aromatic carbocycles. The molecule has 0 heterocycles. The van der Waals surface area contributed by atoms with Crippen molar-refractivity contribution in [3.05, 3.63) is 27.7 Å². The van der Waals surface area contributed by atoms with Crippen LogP contribution in [0, 0.1) is 0 Å². The quantitative estimate of drug-likeness (QED) is 0.919. The van der Waals surface area contributed by atoms with E-state index >= 15 is 0 Å². The number of hydrogen-bond acceptors (Lipinski definition) is 3. The molecule has 8 heteroatoms. The van der Waals surface area contributed by atoms with Gasteiger partial charge >= 0.3 is 0 Å². The highest BCUT2D eigenvalue weighted by atomic mass is 35.5. The Morgan fingerprint density at radius 3 is 2.40 bits per heavy atom. The zero-order valence-corrected chi connectivity index (χ0v) is 13.1. The molecule has 0 radical (unpaired) electrons. The molecule has 2 N–H and O–H groups in total. The molecule has 20 heavy (non-hydrogen) atoms. The number of primary sulfonamides is 1. The van der Waals surface area contributed by atoms with Gasteiger partial charge in [0.05, 0.1) is 10.6 Å². The molecular weight excluding hydrogens is 323 g/mol. The zero-order chi connectivity index (χ0) is 15.1. The van der Waals surface area contributed by atoms with E-state index in [4.69, 9.17) is 28.3 Å². The van der Waals surface area contributed by atoms with Crippen LogP contribution in [0.3, 0.4) is 0 Å². The Kier molecular flexibility index (Phi) is 4.30. The molecule has 110 valence electrons. The molecule has 1 amide bonds. The molecule has 1 saturated carbocycles. The van der Waals surface area contributed by atoms with Crippen LogP contribution in [-0.2, 0) is 10.0 Å². The van der Waals surface area contributed by atoms with Gasteiger partial charge in [0.1, 0.15) is 4.90 Å². The highest BCUT2D eigenvalue weighted by molar-refractivity contribution is 7.89. The topological polar surface area (TPSA) is 80.5 Å². The predicted molar refractivity (Wildman–Crippen MR) is 77.6 cm³/mol. The third-order valence-corrected chi connectivity index (χ3v) is 5.16. The Labute approximate surface area is 127 Å². The van der Waals surface area contributed by atoms with E-state index in [0.717, 1.165) is 25.3 Å². The average molecular weight is 337 g/mol. The molecule has 0 saturated heterocycles. The minimum absolute atomic E-state index is 0.0533. The van der Waals surface area contributed by atoms with E-state index < -0.39 is 10.0 Å². The molecule has 0 aliphatic heterocycles. The number of benzene rings is 1. The smallest absolute Gasteiger partial charge is 0.255 e. The largest absolute Gasteiger partial charge is 0.339 e. The van der Waals surface area contributed by atoms with E-state index in [1.807, 2.05) is 0 Å². The van der Waals surface area contributed by atoms with Crippen molar-refractivity contribution < 1.29 is 13.2 Å². The second kappa shape index (κ2) is 5.52. The van der Waals surface area contributed by atoms with E-state index in [9.17, 15) is 13.2 Å². The fraction of sp³-hybridized carbons (Fsp3) is 0.417. The Morgan fingerprint density at radius 1 is 1.35 bits per heavy atom. The van der Waals surface area contributed by atoms with Gasteiger partial charge in [0.2, 0.25) is 10.0 Å². The van der Waals surface area contributed by atoms with Gasteiger partial charge < -0.3 is 4.90 Å². The summed E-state index contributed by atoms with van der Waals surface area (Å²) in [6.07, 6.45) is 2.94. The Morgan fingerprint density at radius 2 is 1.95 bits per heavy atom. The summed E-state index contributed by atoms with van der Waals surface area (Å²) in [7, 11) is -2.37. The van der Waals surface area contributed by atoms with Gasteiger partial charge in [0.25, 0.3) is 5.91 Å². The maximum atomic E-state index is 12.4. The first kappa shape index (κ1) is 15.6. The third kappa shape index (κ3) is 2.93. The van der Waals surface area contributed by atoms with Gasteiger partial charge in [-0.05, 0) is 31.4 Å². The average Bonchev–Trinajstić information content (AvgIpc) is 2.27. The Hall–Kier alpha value is -0.820. The van der Waals surface area contributed by atoms with Crippen molar-refractivity contribution in [1.29, 1.82) is 0 Å². The van der Waals surface area contributed by atoms with E-state index in [2.05, 4.69) is 0 Å². The molecule has 0 bridgehead atoms. The summed E-state index contributed by atoms with van der Waals surface area (Å²) < 4.78 is 22.9. The van der Waals surface area contributed by atoms with Gasteiger partial charge in [-0.2, -0.15) is 0 Å². The number of nitrogens with two attached hydrogens (primary N) is 1. The number of carbonyl (C=O) groups is 1. The van der Waals surface area contributed by atoms with Crippen molar-refractivity contribution in [2.24, 2.45) is 5.14 Å². The summed E-state index contributed by atoms with van der Waals surface area (Å²) in [5.74, 6) is -0.355. The van der Waals surface area contributed by atoms with Crippen LogP contribution >= 0.6 is 23.2 Å². The number of halogens is 2. The lowest BCUT2D eigenvalue weighted by Crippen LogP contribution is -2.41. The van der Waals surface area contributed by atoms with Crippen LogP contribution in [0.1, 0.15) is 29.6 Å². The predicted octanol–water partition coefficient (Wildman–Crippen LogP) is 2.27. The molecule has 1 aliphatic rings. The number of rotatable bonds is 3. The minimum Gasteiger partial charge on any atom is -0.339 e. The molecule has 0 atom stereocenters. The summed E-state index contributed by atoms with van der Waals surface area (Å²) in [5.41, 5.74) is 0.0533. The molecule has 2 rings (SSSR count). The van der Waals surface area contributed by atoms with Gasteiger partial charge in [-0.25, -0.2) is 13.6 Å². The lowest BCUT2D eigenvalue weighted by molar-refractivity contribution is 0.0652. The summed E-state index contributed by atoms with van der Waals surface area (Å²) >= 11 is 11.9. The number of carbonyl (C=O) groups excluding carboxylic acids is 1. The van der Waals surface area contributed by atoms with Crippen LogP contribution in [0.2, 0.25) is 10.0 Å². The molecule has 0 aromatic heterocycles. The number of amides is 1.